The van der Waals surface area contributed by atoms with Crippen LogP contribution >= 0.6 is 0 Å². The molecule has 0 aromatic carbocycles. The summed E-state index contributed by atoms with van der Waals surface area (Å²) >= 11 is 0. The molecule has 0 atom stereocenters. The second kappa shape index (κ2) is 10.5. The Bertz CT molecular complexity index is 1710. The van der Waals surface area contributed by atoms with Gasteiger partial charge in [0.25, 0.3) is 0 Å². The molecule has 1 saturated carbocycles. The zero-order valence-corrected chi connectivity index (χ0v) is 21.6. The molecule has 0 aliphatic heterocycles. The van der Waals surface area contributed by atoms with Gasteiger partial charge in [-0.25, -0.2) is 9.97 Å². The third kappa shape index (κ3) is 4.79. The van der Waals surface area contributed by atoms with Crippen molar-refractivity contribution in [2.75, 3.05) is 0 Å². The Morgan fingerprint density at radius 1 is 1.05 bits per heavy atom. The number of H-pyrrole nitrogens is 2. The van der Waals surface area contributed by atoms with Gasteiger partial charge in [-0.1, -0.05) is 44.8 Å². The first-order valence-corrected chi connectivity index (χ1v) is 13.3. The molecule has 0 spiro atoms. The number of aromatic amines is 2. The van der Waals surface area contributed by atoms with E-state index in [9.17, 15) is 0 Å². The highest BCUT2D eigenvalue weighted by Gasteiger charge is 2.16. The van der Waals surface area contributed by atoms with Gasteiger partial charge >= 0.3 is 0 Å². The minimum Gasteiger partial charge on any atom is -0.335 e. The third-order valence-corrected chi connectivity index (χ3v) is 7.46. The van der Waals surface area contributed by atoms with Crippen molar-refractivity contribution >= 4 is 28.9 Å². The van der Waals surface area contributed by atoms with Crippen LogP contribution < -0.4 is 10.6 Å². The normalized spacial score (nSPS) is 15.4. The van der Waals surface area contributed by atoms with Crippen LogP contribution in [0.25, 0.3) is 51.5 Å². The summed E-state index contributed by atoms with van der Waals surface area (Å²) < 4.78 is 0. The lowest BCUT2D eigenvalue weighted by molar-refractivity contribution is 0.356. The number of hydrogen-bond acceptors (Lipinski definition) is 5. The number of fused-ring (bicyclic) bond motifs is 1. The Morgan fingerprint density at radius 3 is 2.71 bits per heavy atom. The monoisotopic (exact) mass is 501 g/mol. The van der Waals surface area contributed by atoms with E-state index in [2.05, 4.69) is 48.9 Å². The molecule has 7 heteroatoms. The molecule has 1 aliphatic carbocycles. The molecule has 0 radical (unpaired) electrons. The van der Waals surface area contributed by atoms with Crippen molar-refractivity contribution in [2.24, 2.45) is 5.92 Å². The van der Waals surface area contributed by atoms with Crippen molar-refractivity contribution < 1.29 is 0 Å². The van der Waals surface area contributed by atoms with Crippen molar-refractivity contribution in [1.82, 2.24) is 35.1 Å². The first kappa shape index (κ1) is 24.0. The number of hydrogen-bond donors (Lipinski definition) is 2. The molecule has 1 aliphatic rings. The summed E-state index contributed by atoms with van der Waals surface area (Å²) in [5.74, 6) is 1.42. The maximum absolute atomic E-state index is 4.80. The smallest absolute Gasteiger partial charge is 0.178 e. The number of nitrogens with zero attached hydrogens (tertiary/aromatic N) is 5. The summed E-state index contributed by atoms with van der Waals surface area (Å²) in [5.41, 5.74) is 7.50. The highest BCUT2D eigenvalue weighted by Crippen LogP contribution is 2.28. The van der Waals surface area contributed by atoms with Gasteiger partial charge in [0.2, 0.25) is 0 Å². The Morgan fingerprint density at radius 2 is 1.89 bits per heavy atom. The number of allylic oxidation sites excluding steroid dienone is 1. The third-order valence-electron chi connectivity index (χ3n) is 7.46. The fourth-order valence-corrected chi connectivity index (χ4v) is 5.46. The average molecular weight is 502 g/mol. The van der Waals surface area contributed by atoms with Crippen molar-refractivity contribution in [3.8, 4) is 22.6 Å². The largest absolute Gasteiger partial charge is 0.335 e. The van der Waals surface area contributed by atoms with Crippen molar-refractivity contribution in [3.05, 3.63) is 83.5 Å². The van der Waals surface area contributed by atoms with E-state index < -0.39 is 0 Å². The van der Waals surface area contributed by atoms with Crippen LogP contribution in [0.5, 0.6) is 0 Å². The predicted octanol–water partition coefficient (Wildman–Crippen LogP) is 5.22. The van der Waals surface area contributed by atoms with Crippen LogP contribution in [0.1, 0.15) is 50.2 Å². The molecular weight excluding hydrogens is 470 g/mol. The van der Waals surface area contributed by atoms with Crippen LogP contribution in [0.4, 0.5) is 0 Å². The Hall–Kier alpha value is -4.39. The van der Waals surface area contributed by atoms with E-state index >= 15 is 0 Å². The van der Waals surface area contributed by atoms with E-state index in [1.807, 2.05) is 43.6 Å². The van der Waals surface area contributed by atoms with Crippen LogP contribution in [0, 0.1) is 5.92 Å². The highest BCUT2D eigenvalue weighted by molar-refractivity contribution is 5.92. The maximum atomic E-state index is 4.80. The molecule has 5 aromatic heterocycles. The molecule has 0 unspecified atom stereocenters. The van der Waals surface area contributed by atoms with Crippen LogP contribution in [-0.4, -0.2) is 35.1 Å². The average Bonchev–Trinajstić information content (AvgIpc) is 3.58. The van der Waals surface area contributed by atoms with Gasteiger partial charge < -0.3 is 4.98 Å². The van der Waals surface area contributed by atoms with Crippen molar-refractivity contribution in [3.63, 3.8) is 0 Å². The van der Waals surface area contributed by atoms with Gasteiger partial charge in [0, 0.05) is 41.8 Å². The molecule has 6 rings (SSSR count). The van der Waals surface area contributed by atoms with E-state index in [0.717, 1.165) is 56.4 Å². The molecule has 190 valence electrons. The van der Waals surface area contributed by atoms with Crippen LogP contribution in [0.3, 0.4) is 0 Å². The topological polar surface area (TPSA) is 96.0 Å². The number of rotatable bonds is 6. The summed E-state index contributed by atoms with van der Waals surface area (Å²) in [5, 5.41) is 9.62. The molecule has 2 N–H and O–H groups in total. The molecule has 0 saturated heterocycles. The van der Waals surface area contributed by atoms with Crippen molar-refractivity contribution in [2.45, 2.75) is 45.4 Å². The molecule has 5 aromatic rings. The molecule has 38 heavy (non-hydrogen) atoms. The van der Waals surface area contributed by atoms with Crippen LogP contribution in [0.2, 0.25) is 0 Å². The SMILES string of the molecule is C=C(/C=c1/c(-c2nc3nccc(-c4ccncc4)c3[nH]2)n[nH]/c1=C/C)c1cncc(CC2CCCCC2)c1. The predicted molar refractivity (Wildman–Crippen MR) is 152 cm³/mol. The first-order valence-electron chi connectivity index (χ1n) is 13.3. The quantitative estimate of drug-likeness (QED) is 0.332. The van der Waals surface area contributed by atoms with Gasteiger partial charge in [0.15, 0.2) is 11.5 Å². The second-order valence-corrected chi connectivity index (χ2v) is 10.0. The summed E-state index contributed by atoms with van der Waals surface area (Å²) in [6, 6.07) is 8.18. The number of pyridine rings is 3. The first-order chi connectivity index (χ1) is 18.7. The minimum atomic E-state index is 0.642. The van der Waals surface area contributed by atoms with Gasteiger partial charge in [-0.05, 0) is 71.9 Å². The fraction of sp³-hybridized carbons (Fsp3) is 0.258. The van der Waals surface area contributed by atoms with Gasteiger partial charge in [0.05, 0.1) is 10.9 Å². The molecule has 1 fully saturated rings. The zero-order valence-electron chi connectivity index (χ0n) is 21.6. The Labute approximate surface area is 221 Å². The van der Waals surface area contributed by atoms with E-state index in [1.165, 1.54) is 37.7 Å². The van der Waals surface area contributed by atoms with Gasteiger partial charge in [-0.2, -0.15) is 5.10 Å². The molecule has 7 nitrogen and oxygen atoms in total. The molecular formula is C31H31N7. The molecule has 0 bridgehead atoms. The summed E-state index contributed by atoms with van der Waals surface area (Å²) in [4.78, 5) is 21.5. The van der Waals surface area contributed by atoms with E-state index in [0.29, 0.717) is 11.5 Å². The Balaban J connectivity index is 1.37. The summed E-state index contributed by atoms with van der Waals surface area (Å²) in [6.07, 6.45) is 21.1. The van der Waals surface area contributed by atoms with Crippen LogP contribution in [-0.2, 0) is 6.42 Å². The lowest BCUT2D eigenvalue weighted by Gasteiger charge is -2.21. The minimum absolute atomic E-state index is 0.642. The molecule has 0 amide bonds. The van der Waals surface area contributed by atoms with E-state index in [1.54, 1.807) is 18.6 Å². The number of imidazole rings is 1. The van der Waals surface area contributed by atoms with Gasteiger partial charge in [0.1, 0.15) is 5.69 Å². The lowest BCUT2D eigenvalue weighted by atomic mass is 9.85. The van der Waals surface area contributed by atoms with E-state index in [4.69, 9.17) is 4.98 Å². The van der Waals surface area contributed by atoms with Gasteiger partial charge in [-0.3, -0.25) is 15.1 Å². The molecule has 5 heterocycles. The van der Waals surface area contributed by atoms with Crippen LogP contribution in [0.15, 0.2) is 61.8 Å². The summed E-state index contributed by atoms with van der Waals surface area (Å²) in [6.45, 7) is 6.39. The highest BCUT2D eigenvalue weighted by atomic mass is 15.1. The summed E-state index contributed by atoms with van der Waals surface area (Å²) in [7, 11) is 0. The van der Waals surface area contributed by atoms with Gasteiger partial charge in [-0.15, -0.1) is 0 Å². The standard InChI is InChI=1S/C31H31N7/c1-3-27-26(15-20(2)24-17-22(18-33-19-24)16-21-7-5-4-6-8-21)29(38-37-27)31-35-28-25(11-14-34-30(28)36-31)23-9-12-32-13-10-23/h3,9-15,17-19,21,37H,2,4-8,16H2,1H3,(H,34,35,36)/b26-15+,27-3+. The maximum Gasteiger partial charge on any atom is 0.178 e. The second-order valence-electron chi connectivity index (χ2n) is 10.0. The number of aromatic nitrogens is 7. The lowest BCUT2D eigenvalue weighted by Crippen LogP contribution is -2.23. The van der Waals surface area contributed by atoms with E-state index in [-0.39, 0.29) is 0 Å². The Kier molecular flexibility index (Phi) is 6.65. The number of nitrogens with one attached hydrogen (secondary N) is 2. The fourth-order valence-electron chi connectivity index (χ4n) is 5.46. The van der Waals surface area contributed by atoms with Crippen molar-refractivity contribution in [1.29, 1.82) is 0 Å². The zero-order chi connectivity index (χ0) is 25.9.